The van der Waals surface area contributed by atoms with Gasteiger partial charge in [0.1, 0.15) is 16.7 Å². The summed E-state index contributed by atoms with van der Waals surface area (Å²) in [4.78, 5) is 12.4. The second kappa shape index (κ2) is 12.8. The van der Waals surface area contributed by atoms with Gasteiger partial charge in [-0.1, -0.05) is 62.2 Å². The number of thioether (sulfide) groups is 1. The zero-order valence-corrected chi connectivity index (χ0v) is 19.2. The minimum atomic E-state index is -0.752. The number of aliphatic carboxylic acids is 1. The first-order valence-corrected chi connectivity index (χ1v) is 11.9. The Morgan fingerprint density at radius 1 is 0.844 bits per heavy atom. The van der Waals surface area contributed by atoms with Gasteiger partial charge >= 0.3 is 5.97 Å². The molecule has 0 saturated heterocycles. The molecule has 0 bridgehead atoms. The smallest absolute Gasteiger partial charge is 0.316 e. The van der Waals surface area contributed by atoms with Crippen molar-refractivity contribution in [3.8, 4) is 22.6 Å². The van der Waals surface area contributed by atoms with Gasteiger partial charge in [0.05, 0.1) is 13.2 Å². The standard InChI is InChI=1S/C27H30O4S/c1-2-3-13-26(27(28)29)32-25-16-14-23(15-17-25)30-18-8-19-31-24-12-7-11-22(20-24)21-9-5-4-6-10-21/h4-7,9-12,14-17,20,26H,2-3,8,13,18-19H2,1H3,(H,28,29). The number of benzene rings is 3. The van der Waals surface area contributed by atoms with Crippen LogP contribution in [0.2, 0.25) is 0 Å². The SMILES string of the molecule is CCCCC(Sc1ccc(OCCCOc2cccc(-c3ccccc3)c2)cc1)C(=O)O. The van der Waals surface area contributed by atoms with Crippen LogP contribution in [0.25, 0.3) is 11.1 Å². The maximum Gasteiger partial charge on any atom is 0.316 e. The van der Waals surface area contributed by atoms with Gasteiger partial charge in [0.15, 0.2) is 0 Å². The van der Waals surface area contributed by atoms with Crippen molar-refractivity contribution < 1.29 is 19.4 Å². The molecule has 3 aromatic carbocycles. The molecule has 0 aliphatic rings. The Bertz CT molecular complexity index is 957. The summed E-state index contributed by atoms with van der Waals surface area (Å²) in [7, 11) is 0. The monoisotopic (exact) mass is 450 g/mol. The first-order chi connectivity index (χ1) is 15.7. The number of hydrogen-bond donors (Lipinski definition) is 1. The fourth-order valence-electron chi connectivity index (χ4n) is 3.24. The van der Waals surface area contributed by atoms with Crippen LogP contribution >= 0.6 is 11.8 Å². The van der Waals surface area contributed by atoms with Crippen LogP contribution in [0.15, 0.2) is 83.8 Å². The molecule has 3 aromatic rings. The summed E-state index contributed by atoms with van der Waals surface area (Å²) in [6, 6.07) is 26.0. The molecular formula is C27H30O4S. The fourth-order valence-corrected chi connectivity index (χ4v) is 4.24. The second-order valence-electron chi connectivity index (χ2n) is 7.50. The third kappa shape index (κ3) is 7.65. The number of hydrogen-bond acceptors (Lipinski definition) is 4. The van der Waals surface area contributed by atoms with Gasteiger partial charge in [0.25, 0.3) is 0 Å². The van der Waals surface area contributed by atoms with E-state index in [1.807, 2.05) is 54.6 Å². The number of unbranched alkanes of at least 4 members (excludes halogenated alkanes) is 1. The van der Waals surface area contributed by atoms with E-state index in [1.54, 1.807) is 0 Å². The highest BCUT2D eigenvalue weighted by molar-refractivity contribution is 8.00. The summed E-state index contributed by atoms with van der Waals surface area (Å²) in [5.41, 5.74) is 2.31. The van der Waals surface area contributed by atoms with Crippen LogP contribution in [-0.2, 0) is 4.79 Å². The van der Waals surface area contributed by atoms with Gasteiger partial charge in [0.2, 0.25) is 0 Å². The van der Waals surface area contributed by atoms with Crippen molar-refractivity contribution in [1.29, 1.82) is 0 Å². The quantitative estimate of drug-likeness (QED) is 0.226. The van der Waals surface area contributed by atoms with E-state index in [1.165, 1.54) is 17.3 Å². The maximum atomic E-state index is 11.4. The zero-order valence-electron chi connectivity index (χ0n) is 18.4. The summed E-state index contributed by atoms with van der Waals surface area (Å²) in [5, 5.41) is 8.98. The average Bonchev–Trinajstić information content (AvgIpc) is 2.83. The molecule has 0 heterocycles. The van der Waals surface area contributed by atoms with E-state index in [0.717, 1.165) is 41.2 Å². The van der Waals surface area contributed by atoms with E-state index in [2.05, 4.69) is 31.2 Å². The molecule has 0 aliphatic carbocycles. The minimum absolute atomic E-state index is 0.403. The molecule has 0 aromatic heterocycles. The molecule has 3 rings (SSSR count). The van der Waals surface area contributed by atoms with Gasteiger partial charge in [-0.15, -0.1) is 11.8 Å². The predicted octanol–water partition coefficient (Wildman–Crippen LogP) is 6.94. The molecule has 5 heteroatoms. The van der Waals surface area contributed by atoms with Crippen molar-refractivity contribution in [2.75, 3.05) is 13.2 Å². The van der Waals surface area contributed by atoms with Crippen molar-refractivity contribution >= 4 is 17.7 Å². The molecule has 168 valence electrons. The maximum absolute atomic E-state index is 11.4. The molecule has 0 saturated carbocycles. The molecule has 1 unspecified atom stereocenters. The van der Waals surface area contributed by atoms with Crippen molar-refractivity contribution in [3.63, 3.8) is 0 Å². The van der Waals surface area contributed by atoms with E-state index in [-0.39, 0.29) is 0 Å². The fraction of sp³-hybridized carbons (Fsp3) is 0.296. The van der Waals surface area contributed by atoms with Gasteiger partial charge in [-0.25, -0.2) is 0 Å². The lowest BCUT2D eigenvalue weighted by Gasteiger charge is -2.12. The first-order valence-electron chi connectivity index (χ1n) is 11.1. The first kappa shape index (κ1) is 23.7. The average molecular weight is 451 g/mol. The van der Waals surface area contributed by atoms with Crippen LogP contribution in [0.4, 0.5) is 0 Å². The Balaban J connectivity index is 1.40. The number of carbonyl (C=O) groups is 1. The molecule has 0 radical (unpaired) electrons. The largest absolute Gasteiger partial charge is 0.493 e. The highest BCUT2D eigenvalue weighted by Gasteiger charge is 2.18. The summed E-state index contributed by atoms with van der Waals surface area (Å²) in [6.07, 6.45) is 3.37. The summed E-state index contributed by atoms with van der Waals surface area (Å²) in [6.45, 7) is 3.20. The highest BCUT2D eigenvalue weighted by atomic mass is 32.2. The van der Waals surface area contributed by atoms with Crippen LogP contribution < -0.4 is 9.47 Å². The van der Waals surface area contributed by atoms with Crippen LogP contribution in [0, 0.1) is 0 Å². The molecule has 0 amide bonds. The number of carboxylic acids is 1. The Kier molecular flexibility index (Phi) is 9.51. The number of ether oxygens (including phenoxy) is 2. The zero-order chi connectivity index (χ0) is 22.6. The van der Waals surface area contributed by atoms with Crippen LogP contribution in [0.1, 0.15) is 32.6 Å². The van der Waals surface area contributed by atoms with Crippen LogP contribution in [-0.4, -0.2) is 29.5 Å². The molecule has 0 fully saturated rings. The molecular weight excluding hydrogens is 420 g/mol. The van der Waals surface area contributed by atoms with Gasteiger partial charge in [-0.3, -0.25) is 4.79 Å². The van der Waals surface area contributed by atoms with Gasteiger partial charge < -0.3 is 14.6 Å². The Morgan fingerprint density at radius 2 is 1.53 bits per heavy atom. The van der Waals surface area contributed by atoms with Gasteiger partial charge in [0, 0.05) is 11.3 Å². The topological polar surface area (TPSA) is 55.8 Å². The van der Waals surface area contributed by atoms with Gasteiger partial charge in [-0.2, -0.15) is 0 Å². The van der Waals surface area contributed by atoms with E-state index in [9.17, 15) is 9.90 Å². The highest BCUT2D eigenvalue weighted by Crippen LogP contribution is 2.28. The molecule has 1 atom stereocenters. The lowest BCUT2D eigenvalue weighted by molar-refractivity contribution is -0.136. The molecule has 0 aliphatic heterocycles. The summed E-state index contributed by atoms with van der Waals surface area (Å²) >= 11 is 1.40. The van der Waals surface area contributed by atoms with E-state index in [0.29, 0.717) is 19.6 Å². The summed E-state index contributed by atoms with van der Waals surface area (Å²) in [5.74, 6) is 0.878. The van der Waals surface area contributed by atoms with Crippen molar-refractivity contribution in [2.45, 2.75) is 42.8 Å². The Hall–Kier alpha value is -2.92. The number of rotatable bonds is 13. The van der Waals surface area contributed by atoms with E-state index < -0.39 is 11.2 Å². The summed E-state index contributed by atoms with van der Waals surface area (Å²) < 4.78 is 11.7. The van der Waals surface area contributed by atoms with Crippen molar-refractivity contribution in [3.05, 3.63) is 78.9 Å². The third-order valence-corrected chi connectivity index (χ3v) is 6.23. The molecule has 4 nitrogen and oxygen atoms in total. The van der Waals surface area contributed by atoms with Crippen LogP contribution in [0.5, 0.6) is 11.5 Å². The lowest BCUT2D eigenvalue weighted by atomic mass is 10.1. The molecule has 0 spiro atoms. The second-order valence-corrected chi connectivity index (χ2v) is 8.78. The molecule has 32 heavy (non-hydrogen) atoms. The van der Waals surface area contributed by atoms with Gasteiger partial charge in [-0.05, 0) is 53.9 Å². The normalized spacial score (nSPS) is 11.7. The Labute approximate surface area is 194 Å². The number of carboxylic acid groups (broad SMARTS) is 1. The predicted molar refractivity (Wildman–Crippen MR) is 131 cm³/mol. The van der Waals surface area contributed by atoms with E-state index >= 15 is 0 Å². The third-order valence-electron chi connectivity index (χ3n) is 4.96. The van der Waals surface area contributed by atoms with Crippen molar-refractivity contribution in [1.82, 2.24) is 0 Å². The van der Waals surface area contributed by atoms with Crippen molar-refractivity contribution in [2.24, 2.45) is 0 Å². The molecule has 1 N–H and O–H groups in total. The lowest BCUT2D eigenvalue weighted by Crippen LogP contribution is -2.15. The minimum Gasteiger partial charge on any atom is -0.493 e. The Morgan fingerprint density at radius 3 is 2.22 bits per heavy atom. The van der Waals surface area contributed by atoms with Crippen LogP contribution in [0.3, 0.4) is 0 Å². The van der Waals surface area contributed by atoms with E-state index in [4.69, 9.17) is 9.47 Å².